The minimum atomic E-state index is -4.36. The topological polar surface area (TPSA) is 93.1 Å². The van der Waals surface area contributed by atoms with Crippen LogP contribution in [-0.2, 0) is 21.2 Å². The molecule has 0 saturated carbocycles. The molecule has 0 aliphatic carbocycles. The summed E-state index contributed by atoms with van der Waals surface area (Å²) in [5, 5.41) is 6.51. The summed E-state index contributed by atoms with van der Waals surface area (Å²) in [4.78, 5) is 12.5. The zero-order valence-electron chi connectivity index (χ0n) is 17.7. The Morgan fingerprint density at radius 3 is 2.35 bits per heavy atom. The molecule has 4 aromatic rings. The molecule has 10 heteroatoms. The summed E-state index contributed by atoms with van der Waals surface area (Å²) in [6, 6.07) is 18.0. The number of rotatable bonds is 8. The van der Waals surface area contributed by atoms with Crippen molar-refractivity contribution in [3.63, 3.8) is 0 Å². The maximum Gasteiger partial charge on any atom is 0.244 e. The number of carbonyl (C=O) groups is 1. The molecule has 4 rings (SSSR count). The fourth-order valence-corrected chi connectivity index (χ4v) is 4.64. The van der Waals surface area contributed by atoms with Crippen LogP contribution in [0, 0.1) is 11.6 Å². The van der Waals surface area contributed by atoms with E-state index in [1.165, 1.54) is 35.1 Å². The minimum absolute atomic E-state index is 0.00575. The van der Waals surface area contributed by atoms with Gasteiger partial charge in [0, 0.05) is 18.1 Å². The zero-order chi connectivity index (χ0) is 24.1. The first-order valence-corrected chi connectivity index (χ1v) is 11.7. The Labute approximate surface area is 195 Å². The van der Waals surface area contributed by atoms with Gasteiger partial charge in [-0.25, -0.2) is 21.9 Å². The Hall–Kier alpha value is -3.89. The van der Waals surface area contributed by atoms with Crippen molar-refractivity contribution < 1.29 is 22.0 Å². The van der Waals surface area contributed by atoms with Crippen molar-refractivity contribution in [1.82, 2.24) is 14.5 Å². The van der Waals surface area contributed by atoms with E-state index in [4.69, 9.17) is 0 Å². The number of halogens is 2. The summed E-state index contributed by atoms with van der Waals surface area (Å²) >= 11 is 0. The van der Waals surface area contributed by atoms with Crippen LogP contribution >= 0.6 is 0 Å². The molecule has 2 N–H and O–H groups in total. The molecule has 0 bridgehead atoms. The molecule has 3 aromatic carbocycles. The normalized spacial score (nSPS) is 12.3. The van der Waals surface area contributed by atoms with Crippen LogP contribution in [0.15, 0.2) is 96.2 Å². The second-order valence-corrected chi connectivity index (χ2v) is 9.08. The number of aromatic nitrogens is 2. The highest BCUT2D eigenvalue weighted by molar-refractivity contribution is 7.89. The summed E-state index contributed by atoms with van der Waals surface area (Å²) in [5.41, 5.74) is 0.991. The number of sulfonamides is 1. The first kappa shape index (κ1) is 23.3. The van der Waals surface area contributed by atoms with Gasteiger partial charge < -0.3 is 5.32 Å². The predicted octanol–water partition coefficient (Wildman–Crippen LogP) is 3.68. The van der Waals surface area contributed by atoms with Gasteiger partial charge in [0.2, 0.25) is 15.9 Å². The maximum absolute atomic E-state index is 14.6. The van der Waals surface area contributed by atoms with E-state index in [0.29, 0.717) is 5.56 Å². The average Bonchev–Trinajstić information content (AvgIpc) is 3.34. The van der Waals surface area contributed by atoms with E-state index in [2.05, 4.69) is 15.1 Å². The van der Waals surface area contributed by atoms with Crippen molar-refractivity contribution >= 4 is 21.6 Å². The third-order valence-electron chi connectivity index (χ3n) is 4.99. The highest BCUT2D eigenvalue weighted by atomic mass is 32.2. The van der Waals surface area contributed by atoms with Crippen molar-refractivity contribution in [3.8, 4) is 5.69 Å². The molecule has 0 radical (unpaired) electrons. The number of nitrogens with zero attached hydrogens (tertiary/aromatic N) is 2. The Kier molecular flexibility index (Phi) is 6.80. The van der Waals surface area contributed by atoms with Gasteiger partial charge in [0.25, 0.3) is 0 Å². The quantitative estimate of drug-likeness (QED) is 0.401. The number of nitrogens with one attached hydrogen (secondary N) is 2. The SMILES string of the molecule is O=C(Nc1ccc(-n2cccn2)c(F)c1)C(Cc1ccccc1)NS(=O)(=O)c1ccccc1F. The summed E-state index contributed by atoms with van der Waals surface area (Å²) in [7, 11) is -4.36. The van der Waals surface area contributed by atoms with Crippen LogP contribution < -0.4 is 10.0 Å². The van der Waals surface area contributed by atoms with E-state index in [-0.39, 0.29) is 17.8 Å². The number of anilines is 1. The van der Waals surface area contributed by atoms with Crippen molar-refractivity contribution in [2.24, 2.45) is 0 Å². The van der Waals surface area contributed by atoms with Gasteiger partial charge in [-0.15, -0.1) is 0 Å². The molecule has 0 saturated heterocycles. The molecule has 1 amide bonds. The minimum Gasteiger partial charge on any atom is -0.325 e. The van der Waals surface area contributed by atoms with E-state index in [1.54, 1.807) is 42.6 Å². The summed E-state index contributed by atoms with van der Waals surface area (Å²) < 4.78 is 58.0. The Balaban J connectivity index is 1.59. The summed E-state index contributed by atoms with van der Waals surface area (Å²) in [6.45, 7) is 0. The van der Waals surface area contributed by atoms with Crippen LogP contribution in [-0.4, -0.2) is 30.1 Å². The van der Waals surface area contributed by atoms with Crippen LogP contribution in [0.1, 0.15) is 5.56 Å². The van der Waals surface area contributed by atoms with Crippen molar-refractivity contribution in [1.29, 1.82) is 0 Å². The van der Waals surface area contributed by atoms with E-state index in [1.807, 2.05) is 0 Å². The van der Waals surface area contributed by atoms with E-state index in [9.17, 15) is 22.0 Å². The largest absolute Gasteiger partial charge is 0.325 e. The molecule has 1 heterocycles. The lowest BCUT2D eigenvalue weighted by molar-refractivity contribution is -0.117. The molecule has 1 atom stereocenters. The lowest BCUT2D eigenvalue weighted by atomic mass is 10.1. The lowest BCUT2D eigenvalue weighted by Crippen LogP contribution is -2.45. The maximum atomic E-state index is 14.6. The third kappa shape index (κ3) is 5.36. The van der Waals surface area contributed by atoms with Crippen LogP contribution in [0.5, 0.6) is 0 Å². The number of hydrogen-bond acceptors (Lipinski definition) is 4. The molecule has 0 spiro atoms. The number of benzene rings is 3. The molecule has 0 aliphatic heterocycles. The fraction of sp³-hybridized carbons (Fsp3) is 0.0833. The second-order valence-electron chi connectivity index (χ2n) is 7.40. The summed E-state index contributed by atoms with van der Waals surface area (Å²) in [6.07, 6.45) is 3.07. The first-order chi connectivity index (χ1) is 16.3. The first-order valence-electron chi connectivity index (χ1n) is 10.2. The number of carbonyl (C=O) groups excluding carboxylic acids is 1. The van der Waals surface area contributed by atoms with E-state index in [0.717, 1.165) is 18.2 Å². The highest BCUT2D eigenvalue weighted by Crippen LogP contribution is 2.19. The molecule has 34 heavy (non-hydrogen) atoms. The fourth-order valence-electron chi connectivity index (χ4n) is 3.36. The molecular weight excluding hydrogens is 462 g/mol. The van der Waals surface area contributed by atoms with Gasteiger partial charge in [-0.2, -0.15) is 9.82 Å². The van der Waals surface area contributed by atoms with E-state index >= 15 is 0 Å². The number of amides is 1. The average molecular weight is 483 g/mol. The monoisotopic (exact) mass is 482 g/mol. The second kappa shape index (κ2) is 9.94. The summed E-state index contributed by atoms with van der Waals surface area (Å²) in [5.74, 6) is -2.30. The van der Waals surface area contributed by atoms with Gasteiger partial charge in [-0.3, -0.25) is 4.79 Å². The van der Waals surface area contributed by atoms with Gasteiger partial charge in [-0.1, -0.05) is 42.5 Å². The lowest BCUT2D eigenvalue weighted by Gasteiger charge is -2.19. The molecule has 7 nitrogen and oxygen atoms in total. The van der Waals surface area contributed by atoms with Crippen LogP contribution in [0.25, 0.3) is 5.69 Å². The van der Waals surface area contributed by atoms with Crippen molar-refractivity contribution in [3.05, 3.63) is 108 Å². The van der Waals surface area contributed by atoms with E-state index < -0.39 is 38.5 Å². The molecule has 174 valence electrons. The zero-order valence-corrected chi connectivity index (χ0v) is 18.5. The van der Waals surface area contributed by atoms with Gasteiger partial charge in [0.1, 0.15) is 22.4 Å². The van der Waals surface area contributed by atoms with Crippen molar-refractivity contribution in [2.45, 2.75) is 17.4 Å². The third-order valence-corrected chi connectivity index (χ3v) is 6.49. The smallest absolute Gasteiger partial charge is 0.244 e. The Bertz CT molecular complexity index is 1400. The van der Waals surface area contributed by atoms with Gasteiger partial charge >= 0.3 is 0 Å². The van der Waals surface area contributed by atoms with Crippen molar-refractivity contribution in [2.75, 3.05) is 5.32 Å². The molecule has 1 unspecified atom stereocenters. The molecule has 0 fully saturated rings. The highest BCUT2D eigenvalue weighted by Gasteiger charge is 2.28. The van der Waals surface area contributed by atoms with Gasteiger partial charge in [0.15, 0.2) is 5.82 Å². The molecule has 1 aromatic heterocycles. The van der Waals surface area contributed by atoms with Crippen LogP contribution in [0.4, 0.5) is 14.5 Å². The predicted molar refractivity (Wildman–Crippen MR) is 123 cm³/mol. The number of hydrogen-bond donors (Lipinski definition) is 2. The van der Waals surface area contributed by atoms with Gasteiger partial charge in [-0.05, 0) is 48.4 Å². The Morgan fingerprint density at radius 2 is 1.68 bits per heavy atom. The standard InChI is InChI=1S/C24H20F2N4O3S/c25-19-9-4-5-10-23(19)34(32,33)29-21(15-17-7-2-1-3-8-17)24(31)28-18-11-12-22(20(26)16-18)30-14-6-13-27-30/h1-14,16,21,29H,15H2,(H,28,31). The molecule has 0 aliphatic rings. The van der Waals surface area contributed by atoms with Gasteiger partial charge in [0.05, 0.1) is 0 Å². The van der Waals surface area contributed by atoms with Crippen LogP contribution in [0.3, 0.4) is 0 Å². The van der Waals surface area contributed by atoms with Crippen LogP contribution in [0.2, 0.25) is 0 Å². The Morgan fingerprint density at radius 1 is 0.941 bits per heavy atom. The molecular formula is C24H20F2N4O3S.